The van der Waals surface area contributed by atoms with Gasteiger partial charge in [0.05, 0.1) is 71.1 Å². The van der Waals surface area contributed by atoms with Crippen LogP contribution in [0.5, 0.6) is 0 Å². The van der Waals surface area contributed by atoms with Crippen molar-refractivity contribution in [2.75, 3.05) is 31.9 Å². The molecule has 0 radical (unpaired) electrons. The van der Waals surface area contributed by atoms with E-state index in [-0.39, 0.29) is 96.8 Å². The summed E-state index contributed by atoms with van der Waals surface area (Å²) < 4.78 is 50.8. The Balaban J connectivity index is 0.000000129. The van der Waals surface area contributed by atoms with Gasteiger partial charge in [0.2, 0.25) is 71.1 Å². The van der Waals surface area contributed by atoms with E-state index in [1.54, 1.807) is 117 Å². The van der Waals surface area contributed by atoms with E-state index in [0.29, 0.717) is 110 Å². The zero-order chi connectivity index (χ0) is 103. The number of imidazole rings is 6. The molecule has 0 spiro atoms. The molecule has 2 unspecified atom stereocenters. The molecule has 12 aromatic heterocycles. The second-order valence-corrected chi connectivity index (χ2v) is 43.4. The Hall–Kier alpha value is -11.0. The molecule has 8 aliphatic rings. The lowest BCUT2D eigenvalue weighted by atomic mass is 9.88. The molecule has 12 heterocycles. The van der Waals surface area contributed by atoms with Crippen molar-refractivity contribution in [3.8, 4) is 0 Å². The second kappa shape index (κ2) is 42.9. The summed E-state index contributed by atoms with van der Waals surface area (Å²) in [5.74, 6) is 0.420. The van der Waals surface area contributed by atoms with Gasteiger partial charge < -0.3 is 30.6 Å². The smallest absolute Gasteiger partial charge is 0.390 e. The molecule has 0 aromatic carbocycles. The van der Waals surface area contributed by atoms with Crippen LogP contribution in [0.2, 0.25) is 15.5 Å². The summed E-state index contributed by atoms with van der Waals surface area (Å²) in [7, 11) is 0. The number of aliphatic hydroxyl groups is 6. The highest BCUT2D eigenvalue weighted by atomic mass is 35.5. The van der Waals surface area contributed by atoms with Gasteiger partial charge in [-0.2, -0.15) is 13.2 Å². The van der Waals surface area contributed by atoms with E-state index in [4.69, 9.17) is 34.8 Å². The zero-order valence-electron chi connectivity index (χ0n) is 83.5. The molecule has 8 aliphatic carbocycles. The first-order valence-corrected chi connectivity index (χ1v) is 51.0. The Bertz CT molecular complexity index is 6520. The number of hydrogen-bond acceptors (Lipinski definition) is 24. The van der Waals surface area contributed by atoms with E-state index in [1.165, 1.54) is 18.9 Å². The molecular weight excluding hydrogens is 1900 g/mol. The summed E-state index contributed by atoms with van der Waals surface area (Å²) in [6.07, 6.45) is 21.3. The molecule has 0 bridgehead atoms. The highest BCUT2D eigenvalue weighted by Gasteiger charge is 2.45. The Morgan fingerprint density at radius 1 is 0.378 bits per heavy atom. The van der Waals surface area contributed by atoms with Crippen molar-refractivity contribution in [3.63, 3.8) is 0 Å². The van der Waals surface area contributed by atoms with Crippen molar-refractivity contribution in [1.82, 2.24) is 87.2 Å². The number of pyridine rings is 6. The van der Waals surface area contributed by atoms with Crippen LogP contribution in [-0.2, 0) is 34.9 Å². The first-order valence-electron chi connectivity index (χ1n) is 49.9. The lowest BCUT2D eigenvalue weighted by Gasteiger charge is -2.30. The lowest BCUT2D eigenvalue weighted by Crippen LogP contribution is -2.40. The van der Waals surface area contributed by atoms with E-state index in [9.17, 15) is 72.6 Å². The summed E-state index contributed by atoms with van der Waals surface area (Å²) in [6, 6.07) is 19.9. The Kier molecular flexibility index (Phi) is 31.9. The van der Waals surface area contributed by atoms with Gasteiger partial charge in [0, 0.05) is 48.1 Å². The third-order valence-corrected chi connectivity index (χ3v) is 29.3. The molecule has 42 heteroatoms. The van der Waals surface area contributed by atoms with Crippen molar-refractivity contribution < 1.29 is 72.6 Å². The molecule has 36 nitrogen and oxygen atoms in total. The first-order chi connectivity index (χ1) is 67.4. The monoisotopic (exact) mass is 2030 g/mol. The molecule has 20 rings (SSSR count). The predicted molar refractivity (Wildman–Crippen MR) is 542 cm³/mol. The summed E-state index contributed by atoms with van der Waals surface area (Å²) >= 11 is 18.0. The molecule has 143 heavy (non-hydrogen) atoms. The van der Waals surface area contributed by atoms with Crippen molar-refractivity contribution in [1.29, 1.82) is 0 Å². The minimum absolute atomic E-state index is 0.00898. The number of rotatable bonds is 28. The maximum atomic E-state index is 13.1. The van der Waals surface area contributed by atoms with Crippen LogP contribution >= 0.6 is 34.8 Å². The van der Waals surface area contributed by atoms with E-state index < -0.39 is 63.2 Å². The number of nitrogens with one attached hydrogen (secondary N) is 6. The van der Waals surface area contributed by atoms with Crippen LogP contribution in [0.25, 0.3) is 67.0 Å². The van der Waals surface area contributed by atoms with Crippen molar-refractivity contribution >= 4 is 173 Å². The number of carbonyl (C=O) groups is 6. The zero-order valence-corrected chi connectivity index (χ0v) is 85.7. The number of halogens is 6. The normalized spacial score (nSPS) is 18.2. The number of carbonyl (C=O) groups excluding carboxylic acids is 6. The van der Waals surface area contributed by atoms with Gasteiger partial charge in [0.25, 0.3) is 0 Å². The van der Waals surface area contributed by atoms with Crippen LogP contribution < -0.4 is 31.9 Å². The maximum absolute atomic E-state index is 13.1. The number of alkyl halides is 3. The average Bonchev–Trinajstić information content (AvgIpc) is 1.62. The van der Waals surface area contributed by atoms with Gasteiger partial charge in [-0.1, -0.05) is 55.6 Å². The molecule has 12 N–H and O–H groups in total. The number of aromatic nitrogens is 18. The molecule has 770 valence electrons. The molecule has 0 aliphatic heterocycles. The van der Waals surface area contributed by atoms with Crippen molar-refractivity contribution in [2.24, 2.45) is 23.7 Å². The van der Waals surface area contributed by atoms with E-state index >= 15 is 0 Å². The summed E-state index contributed by atoms with van der Waals surface area (Å²) in [5.41, 5.74) is 2.66. The molecular formula is C101H132Cl3F3N24O12. The lowest BCUT2D eigenvalue weighted by molar-refractivity contribution is -0.141. The molecule has 12 aromatic rings. The van der Waals surface area contributed by atoms with Gasteiger partial charge in [-0.3, -0.25) is 88.1 Å². The second-order valence-electron chi connectivity index (χ2n) is 42.2. The quantitative estimate of drug-likeness (QED) is 0.0203. The van der Waals surface area contributed by atoms with Crippen LogP contribution in [0.3, 0.4) is 0 Å². The van der Waals surface area contributed by atoms with Gasteiger partial charge in [-0.25, -0.2) is 59.8 Å². The number of aryl methyl sites for hydroxylation is 2. The van der Waals surface area contributed by atoms with E-state index in [2.05, 4.69) is 96.3 Å². The maximum Gasteiger partial charge on any atom is 0.433 e. The van der Waals surface area contributed by atoms with Crippen molar-refractivity contribution in [3.05, 3.63) is 105 Å². The highest BCUT2D eigenvalue weighted by molar-refractivity contribution is 6.30. The van der Waals surface area contributed by atoms with Crippen LogP contribution in [0.4, 0.5) is 48.9 Å². The standard InChI is InChI=1S/C18H23F3N4O2.C18H24N4O2.C17H21ClN4O2.C17H23ClN4O2.C16H22N4O2.C15H19ClN4O2/c1-4-11(17(2,3)27)15(26)24-16-22-12-8-9-13(18(19,20)21)23-14(12)25(16)10-6-5-7-10;1-11-6-9-14-16(19-11)22(13-4-3-5-13)17(20-14)21-15(23)10-18(2,24)12-7-8-12;1-17(24,10-5-6-10)9-14(23)21-16-19-12-7-8-13(18)20-15(12)22(16)11-3-2-4-11;1-4-17(3,24)10(2)15(23)21-16-19-12-8-9-13(18)20-14(12)22(16)11-6-5-7-11;1-10-7-8-17-14-13(10)19-15(20(14)11-5-4-6-11)18-12(21)9-16(2,3)22;1-15(2,22)8-12(21)19-14-17-10-6-7-11(16)18-13(10)20(14)9-4-3-5-9/h8-11,27H,4-7H2,1-3H3,(H,22,24,26);6,9,12-13,24H,3-5,7-8,10H2,1-2H3,(H,20,21,23);7-8,10-11,24H,2-6,9H2,1H3,(H,19,21,23);8-11,24H,4-7H2,1-3H3,(H,19,21,23);7-8,11,22H,4-6,9H2,1-3H3,(H,18,19,21);6-7,9,22H,3-5,8H2,1-2H3,(H,17,19,21)/t11-;;;10-,17+;;/m1..1../s1. The van der Waals surface area contributed by atoms with Crippen LogP contribution in [0.15, 0.2) is 72.9 Å². The molecule has 8 saturated carbocycles. The van der Waals surface area contributed by atoms with Crippen LogP contribution in [0, 0.1) is 37.5 Å². The summed E-state index contributed by atoms with van der Waals surface area (Å²) in [4.78, 5) is 127. The Morgan fingerprint density at radius 2 is 0.678 bits per heavy atom. The molecule has 0 saturated heterocycles. The SMILES string of the molecule is CC(C)(O)CC(=O)Nc1nc2ccc(Cl)nc2n1C1CCC1.CC(O)(CC(=O)Nc1nc2ccc(Cl)nc2n1C1CCC1)C1CC1.CC[C@H](C(=O)Nc1nc2ccc(C(F)(F)F)nc2n1C1CCC1)C(C)(C)O.CC[C@](C)(O)[C@H](C)C(=O)Nc1nc2ccc(Cl)nc2n1C1CCC1.Cc1ccc2nc(NC(=O)CC(C)(O)C3CC3)n(C3CCC3)c2n1.Cc1ccnc2c1nc(NC(=O)CC(C)(C)O)n2C1CCC1. The number of hydrogen-bond donors (Lipinski definition) is 12. The Morgan fingerprint density at radius 3 is 0.986 bits per heavy atom. The topological polar surface area (TPSA) is 480 Å². The first kappa shape index (κ1) is 106. The van der Waals surface area contributed by atoms with Gasteiger partial charge in [-0.05, 0) is 314 Å². The van der Waals surface area contributed by atoms with Gasteiger partial charge in [0.1, 0.15) is 54.3 Å². The van der Waals surface area contributed by atoms with E-state index in [0.717, 1.165) is 174 Å². The minimum Gasteiger partial charge on any atom is -0.390 e. The Labute approximate surface area is 841 Å². The number of amides is 6. The van der Waals surface area contributed by atoms with Gasteiger partial charge in [-0.15, -0.1) is 0 Å². The fourth-order valence-corrected chi connectivity index (χ4v) is 18.9. The van der Waals surface area contributed by atoms with Crippen LogP contribution in [0.1, 0.15) is 316 Å². The highest BCUT2D eigenvalue weighted by Crippen LogP contribution is 2.47. The van der Waals surface area contributed by atoms with Crippen LogP contribution in [-0.4, -0.2) is 187 Å². The summed E-state index contributed by atoms with van der Waals surface area (Å²) in [6.45, 7) is 24.0. The molecule has 8 fully saturated rings. The molecule has 6 amide bonds. The fourth-order valence-electron chi connectivity index (χ4n) is 18.5. The summed E-state index contributed by atoms with van der Waals surface area (Å²) in [5, 5.41) is 79.1. The number of nitrogens with zero attached hydrogens (tertiary/aromatic N) is 18. The predicted octanol–water partition coefficient (Wildman–Crippen LogP) is 19.2. The van der Waals surface area contributed by atoms with Gasteiger partial charge >= 0.3 is 6.18 Å². The fraction of sp³-hybridized carbons (Fsp3) is 0.584. The molecule has 5 atom stereocenters. The third kappa shape index (κ3) is 25.4. The third-order valence-electron chi connectivity index (χ3n) is 28.7. The van der Waals surface area contributed by atoms with Gasteiger partial charge in [0.15, 0.2) is 33.9 Å². The number of anilines is 6. The van der Waals surface area contributed by atoms with E-state index in [1.807, 2.05) is 63.3 Å². The van der Waals surface area contributed by atoms with Crippen molar-refractivity contribution in [2.45, 2.75) is 353 Å². The average molecular weight is 2040 g/mol. The number of fused-ring (bicyclic) bond motifs is 6. The largest absolute Gasteiger partial charge is 0.433 e. The minimum atomic E-state index is -4.56.